The maximum atomic E-state index is 12.3. The number of aliphatic hydroxyl groups is 1. The third-order valence-corrected chi connectivity index (χ3v) is 3.59. The van der Waals surface area contributed by atoms with Crippen molar-refractivity contribution in [2.75, 3.05) is 32.9 Å². The van der Waals surface area contributed by atoms with Crippen LogP contribution < -0.4 is 0 Å². The van der Waals surface area contributed by atoms with Crippen molar-refractivity contribution >= 4 is 5.78 Å². The summed E-state index contributed by atoms with van der Waals surface area (Å²) >= 11 is 0. The average molecular weight is 263 g/mol. The Balaban J connectivity index is 2.07. The molecule has 1 aliphatic heterocycles. The summed E-state index contributed by atoms with van der Waals surface area (Å²) in [6.45, 7) is 6.17. The number of nitrogens with zero attached hydrogens (tertiary/aromatic N) is 1. The molecule has 1 aromatic rings. The first kappa shape index (κ1) is 14.2. The lowest BCUT2D eigenvalue weighted by Crippen LogP contribution is -2.49. The maximum Gasteiger partial charge on any atom is 0.177 e. The van der Waals surface area contributed by atoms with Crippen LogP contribution in [0.2, 0.25) is 0 Å². The summed E-state index contributed by atoms with van der Waals surface area (Å²) in [5.74, 6) is 0.109. The molecule has 1 aliphatic rings. The summed E-state index contributed by atoms with van der Waals surface area (Å²) in [6, 6.07) is 5.81. The zero-order valence-electron chi connectivity index (χ0n) is 11.6. The monoisotopic (exact) mass is 263 g/mol. The van der Waals surface area contributed by atoms with Gasteiger partial charge in [-0.1, -0.05) is 23.8 Å². The van der Waals surface area contributed by atoms with E-state index in [4.69, 9.17) is 4.74 Å². The molecule has 1 unspecified atom stereocenters. The molecule has 0 aromatic heterocycles. The number of hydrogen-bond acceptors (Lipinski definition) is 4. The molecule has 104 valence electrons. The molecule has 4 heteroatoms. The highest BCUT2D eigenvalue weighted by molar-refractivity contribution is 5.99. The molecule has 1 atom stereocenters. The number of ketones is 1. The molecule has 0 radical (unpaired) electrons. The van der Waals surface area contributed by atoms with Crippen molar-refractivity contribution in [1.82, 2.24) is 4.90 Å². The molecule has 19 heavy (non-hydrogen) atoms. The van der Waals surface area contributed by atoms with Gasteiger partial charge in [0.1, 0.15) is 0 Å². The number of ether oxygens (including phenoxy) is 1. The first-order valence-corrected chi connectivity index (χ1v) is 6.65. The number of morpholine rings is 1. The number of rotatable bonds is 4. The van der Waals surface area contributed by atoms with Gasteiger partial charge in [0.25, 0.3) is 0 Å². The van der Waals surface area contributed by atoms with E-state index in [1.54, 1.807) is 0 Å². The van der Waals surface area contributed by atoms with Crippen LogP contribution in [0.4, 0.5) is 0 Å². The summed E-state index contributed by atoms with van der Waals surface area (Å²) in [7, 11) is 0. The van der Waals surface area contributed by atoms with Crippen LogP contribution in [0.5, 0.6) is 0 Å². The van der Waals surface area contributed by atoms with Gasteiger partial charge in [-0.3, -0.25) is 9.69 Å². The molecule has 1 heterocycles. The standard InChI is InChI=1S/C15H21NO3/c1-11-3-4-14(12(2)7-11)15(18)8-16-5-6-19-10-13(16)9-17/h3-4,7,13,17H,5-6,8-10H2,1-2H3. The average Bonchev–Trinajstić information content (AvgIpc) is 2.39. The molecule has 1 aromatic carbocycles. The van der Waals surface area contributed by atoms with Crippen LogP contribution in [0.3, 0.4) is 0 Å². The van der Waals surface area contributed by atoms with Crippen LogP contribution in [0.1, 0.15) is 21.5 Å². The predicted molar refractivity (Wildman–Crippen MR) is 73.5 cm³/mol. The molecule has 0 aliphatic carbocycles. The van der Waals surface area contributed by atoms with E-state index in [0.717, 1.165) is 16.7 Å². The molecule has 1 saturated heterocycles. The Kier molecular flexibility index (Phi) is 4.69. The van der Waals surface area contributed by atoms with Crippen LogP contribution in [-0.4, -0.2) is 54.7 Å². The van der Waals surface area contributed by atoms with Gasteiger partial charge in [-0.15, -0.1) is 0 Å². The van der Waals surface area contributed by atoms with E-state index in [0.29, 0.717) is 26.3 Å². The Hall–Kier alpha value is -1.23. The SMILES string of the molecule is Cc1ccc(C(=O)CN2CCOCC2CO)c(C)c1. The second kappa shape index (κ2) is 6.28. The fourth-order valence-electron chi connectivity index (χ4n) is 2.46. The number of aliphatic hydroxyl groups excluding tert-OH is 1. The fourth-order valence-corrected chi connectivity index (χ4v) is 2.46. The van der Waals surface area contributed by atoms with Gasteiger partial charge in [-0.2, -0.15) is 0 Å². The zero-order valence-corrected chi connectivity index (χ0v) is 11.6. The van der Waals surface area contributed by atoms with Gasteiger partial charge < -0.3 is 9.84 Å². The molecule has 0 bridgehead atoms. The third kappa shape index (κ3) is 3.41. The molecular formula is C15H21NO3. The Morgan fingerprint density at radius 2 is 2.26 bits per heavy atom. The summed E-state index contributed by atoms with van der Waals surface area (Å²) in [5, 5.41) is 9.30. The van der Waals surface area contributed by atoms with Gasteiger partial charge in [0.2, 0.25) is 0 Å². The number of aryl methyl sites for hydroxylation is 2. The normalized spacial score (nSPS) is 20.5. The fraction of sp³-hybridized carbons (Fsp3) is 0.533. The zero-order chi connectivity index (χ0) is 13.8. The molecule has 4 nitrogen and oxygen atoms in total. The minimum Gasteiger partial charge on any atom is -0.395 e. The van der Waals surface area contributed by atoms with Gasteiger partial charge in [-0.05, 0) is 19.4 Å². The predicted octanol–water partition coefficient (Wildman–Crippen LogP) is 1.18. The van der Waals surface area contributed by atoms with Crippen molar-refractivity contribution < 1.29 is 14.6 Å². The molecular weight excluding hydrogens is 242 g/mol. The summed E-state index contributed by atoms with van der Waals surface area (Å²) in [6.07, 6.45) is 0. The van der Waals surface area contributed by atoms with Gasteiger partial charge in [0.15, 0.2) is 5.78 Å². The van der Waals surface area contributed by atoms with E-state index in [1.165, 1.54) is 0 Å². The van der Waals surface area contributed by atoms with Crippen molar-refractivity contribution in [3.8, 4) is 0 Å². The van der Waals surface area contributed by atoms with E-state index in [2.05, 4.69) is 0 Å². The van der Waals surface area contributed by atoms with Crippen LogP contribution in [0.25, 0.3) is 0 Å². The van der Waals surface area contributed by atoms with Crippen LogP contribution in [0, 0.1) is 13.8 Å². The number of hydrogen-bond donors (Lipinski definition) is 1. The van der Waals surface area contributed by atoms with Crippen LogP contribution in [-0.2, 0) is 4.74 Å². The molecule has 2 rings (SSSR count). The summed E-state index contributed by atoms with van der Waals surface area (Å²) in [5.41, 5.74) is 2.95. The molecule has 1 N–H and O–H groups in total. The molecule has 0 amide bonds. The van der Waals surface area contributed by atoms with Crippen molar-refractivity contribution in [3.05, 3.63) is 34.9 Å². The van der Waals surface area contributed by atoms with E-state index in [-0.39, 0.29) is 18.4 Å². The number of benzene rings is 1. The van der Waals surface area contributed by atoms with Crippen molar-refractivity contribution in [2.45, 2.75) is 19.9 Å². The first-order chi connectivity index (χ1) is 9.11. The smallest absolute Gasteiger partial charge is 0.177 e. The van der Waals surface area contributed by atoms with E-state index in [1.807, 2.05) is 36.9 Å². The first-order valence-electron chi connectivity index (χ1n) is 6.65. The Morgan fingerprint density at radius 3 is 2.95 bits per heavy atom. The molecule has 0 spiro atoms. The second-order valence-electron chi connectivity index (χ2n) is 5.12. The Bertz CT molecular complexity index is 459. The van der Waals surface area contributed by atoms with Gasteiger partial charge in [0, 0.05) is 12.1 Å². The minimum absolute atomic E-state index is 0.0279. The van der Waals surface area contributed by atoms with Crippen molar-refractivity contribution in [3.63, 3.8) is 0 Å². The van der Waals surface area contributed by atoms with Gasteiger partial charge in [-0.25, -0.2) is 0 Å². The highest BCUT2D eigenvalue weighted by Gasteiger charge is 2.24. The highest BCUT2D eigenvalue weighted by atomic mass is 16.5. The van der Waals surface area contributed by atoms with Crippen molar-refractivity contribution in [2.24, 2.45) is 0 Å². The summed E-state index contributed by atoms with van der Waals surface area (Å²) < 4.78 is 5.32. The lowest BCUT2D eigenvalue weighted by atomic mass is 10.0. The van der Waals surface area contributed by atoms with E-state index < -0.39 is 0 Å². The molecule has 1 fully saturated rings. The van der Waals surface area contributed by atoms with E-state index in [9.17, 15) is 9.90 Å². The quantitative estimate of drug-likeness (QED) is 0.829. The largest absolute Gasteiger partial charge is 0.395 e. The van der Waals surface area contributed by atoms with Gasteiger partial charge >= 0.3 is 0 Å². The topological polar surface area (TPSA) is 49.8 Å². The number of carbonyl (C=O) groups excluding carboxylic acids is 1. The van der Waals surface area contributed by atoms with Crippen LogP contribution in [0.15, 0.2) is 18.2 Å². The maximum absolute atomic E-state index is 12.3. The van der Waals surface area contributed by atoms with E-state index >= 15 is 0 Å². The van der Waals surface area contributed by atoms with Crippen LogP contribution >= 0.6 is 0 Å². The Labute approximate surface area is 114 Å². The second-order valence-corrected chi connectivity index (χ2v) is 5.12. The van der Waals surface area contributed by atoms with Gasteiger partial charge in [0.05, 0.1) is 32.4 Å². The summed E-state index contributed by atoms with van der Waals surface area (Å²) in [4.78, 5) is 14.3. The lowest BCUT2D eigenvalue weighted by Gasteiger charge is -2.33. The number of Topliss-reactive ketones (excluding diaryl/α,β-unsaturated/α-hetero) is 1. The minimum atomic E-state index is -0.0662. The number of carbonyl (C=O) groups is 1. The lowest BCUT2D eigenvalue weighted by molar-refractivity contribution is -0.0240. The third-order valence-electron chi connectivity index (χ3n) is 3.59. The Morgan fingerprint density at radius 1 is 1.47 bits per heavy atom. The highest BCUT2D eigenvalue weighted by Crippen LogP contribution is 2.14. The van der Waals surface area contributed by atoms with Crippen molar-refractivity contribution in [1.29, 1.82) is 0 Å². The molecule has 0 saturated carbocycles.